The Labute approximate surface area is 136 Å². The highest BCUT2D eigenvalue weighted by atomic mass is 79.9. The van der Waals surface area contributed by atoms with Crippen molar-refractivity contribution in [2.24, 2.45) is 0 Å². The molecule has 21 heavy (non-hydrogen) atoms. The molecule has 1 aromatic carbocycles. The molecular formula is C13H15BrN2O3S2. The van der Waals surface area contributed by atoms with Crippen molar-refractivity contribution in [2.45, 2.75) is 11.5 Å². The van der Waals surface area contributed by atoms with Crippen molar-refractivity contribution in [3.05, 3.63) is 39.0 Å². The van der Waals surface area contributed by atoms with Gasteiger partial charge < -0.3 is 10.0 Å². The van der Waals surface area contributed by atoms with Gasteiger partial charge in [-0.05, 0) is 46.3 Å². The van der Waals surface area contributed by atoms with Gasteiger partial charge in [-0.25, -0.2) is 8.42 Å². The van der Waals surface area contributed by atoms with Crippen LogP contribution in [0.25, 0.3) is 0 Å². The Hall–Kier alpha value is -1.09. The average Bonchev–Trinajstić information content (AvgIpc) is 2.81. The molecule has 0 spiro atoms. The average molecular weight is 391 g/mol. The molecule has 1 aromatic heterocycles. The molecule has 0 saturated heterocycles. The summed E-state index contributed by atoms with van der Waals surface area (Å²) in [7, 11) is 0.152. The van der Waals surface area contributed by atoms with Crippen LogP contribution in [-0.4, -0.2) is 27.6 Å². The minimum absolute atomic E-state index is 0.133. The Morgan fingerprint density at radius 1 is 1.29 bits per heavy atom. The molecule has 0 aliphatic heterocycles. The first kappa shape index (κ1) is 16.3. The maximum atomic E-state index is 12.3. The Balaban J connectivity index is 2.26. The SMILES string of the molecule is CN(C)c1ccc(NS(=O)(=O)c2cc(CO)sc2Br)cc1. The van der Waals surface area contributed by atoms with Crippen LogP contribution in [0.1, 0.15) is 4.88 Å². The first-order valence-electron chi connectivity index (χ1n) is 6.03. The molecule has 114 valence electrons. The standard InChI is InChI=1S/C13H15BrN2O3S2/c1-16(2)10-5-3-9(4-6-10)15-21(18,19)12-7-11(8-17)20-13(12)14/h3-7,15,17H,8H2,1-2H3. The number of hydrogen-bond acceptors (Lipinski definition) is 5. The minimum atomic E-state index is -3.68. The molecule has 2 rings (SSSR count). The van der Waals surface area contributed by atoms with Crippen LogP contribution in [0.3, 0.4) is 0 Å². The predicted molar refractivity (Wildman–Crippen MR) is 89.5 cm³/mol. The van der Waals surface area contributed by atoms with Crippen molar-refractivity contribution in [1.29, 1.82) is 0 Å². The summed E-state index contributed by atoms with van der Waals surface area (Å²) < 4.78 is 27.7. The number of aliphatic hydroxyl groups excluding tert-OH is 1. The molecule has 2 aromatic rings. The van der Waals surface area contributed by atoms with Gasteiger partial charge in [-0.15, -0.1) is 11.3 Å². The van der Waals surface area contributed by atoms with E-state index in [-0.39, 0.29) is 11.5 Å². The van der Waals surface area contributed by atoms with Gasteiger partial charge in [0.2, 0.25) is 0 Å². The van der Waals surface area contributed by atoms with Crippen molar-refractivity contribution < 1.29 is 13.5 Å². The summed E-state index contributed by atoms with van der Waals surface area (Å²) in [5.74, 6) is 0. The number of benzene rings is 1. The predicted octanol–water partition coefficient (Wildman–Crippen LogP) is 2.87. The van der Waals surface area contributed by atoms with Gasteiger partial charge in [0.1, 0.15) is 4.90 Å². The van der Waals surface area contributed by atoms with E-state index in [0.717, 1.165) is 5.69 Å². The zero-order chi connectivity index (χ0) is 15.6. The van der Waals surface area contributed by atoms with Gasteiger partial charge in [0.25, 0.3) is 10.0 Å². The number of hydrogen-bond donors (Lipinski definition) is 2. The molecule has 0 unspecified atom stereocenters. The van der Waals surface area contributed by atoms with E-state index in [1.165, 1.54) is 17.4 Å². The van der Waals surface area contributed by atoms with Gasteiger partial charge in [-0.2, -0.15) is 0 Å². The fraction of sp³-hybridized carbons (Fsp3) is 0.231. The van der Waals surface area contributed by atoms with Crippen LogP contribution >= 0.6 is 27.3 Å². The van der Waals surface area contributed by atoms with E-state index in [9.17, 15) is 8.42 Å². The van der Waals surface area contributed by atoms with Crippen molar-refractivity contribution in [1.82, 2.24) is 0 Å². The normalized spacial score (nSPS) is 11.4. The quantitative estimate of drug-likeness (QED) is 0.823. The highest BCUT2D eigenvalue weighted by Gasteiger charge is 2.21. The monoisotopic (exact) mass is 390 g/mol. The van der Waals surface area contributed by atoms with E-state index in [1.54, 1.807) is 12.1 Å². The lowest BCUT2D eigenvalue weighted by atomic mass is 10.3. The third kappa shape index (κ3) is 3.76. The molecule has 1 heterocycles. The Bertz CT molecular complexity index is 724. The number of sulfonamides is 1. The van der Waals surface area contributed by atoms with E-state index in [1.807, 2.05) is 31.1 Å². The lowest BCUT2D eigenvalue weighted by Crippen LogP contribution is -2.13. The smallest absolute Gasteiger partial charge is 0.263 e. The lowest BCUT2D eigenvalue weighted by Gasteiger charge is -2.13. The second kappa shape index (κ2) is 6.35. The molecule has 0 saturated carbocycles. The summed E-state index contributed by atoms with van der Waals surface area (Å²) in [6, 6.07) is 8.55. The van der Waals surface area contributed by atoms with E-state index >= 15 is 0 Å². The molecule has 0 atom stereocenters. The van der Waals surface area contributed by atoms with E-state index < -0.39 is 10.0 Å². The molecule has 0 bridgehead atoms. The van der Waals surface area contributed by atoms with Gasteiger partial charge >= 0.3 is 0 Å². The molecule has 0 amide bonds. The van der Waals surface area contributed by atoms with Crippen LogP contribution < -0.4 is 9.62 Å². The molecule has 0 fully saturated rings. The van der Waals surface area contributed by atoms with Crippen molar-refractivity contribution in [3.63, 3.8) is 0 Å². The van der Waals surface area contributed by atoms with Crippen LogP contribution in [0.2, 0.25) is 0 Å². The third-order valence-electron chi connectivity index (χ3n) is 2.79. The van der Waals surface area contributed by atoms with Gasteiger partial charge in [0, 0.05) is 30.3 Å². The largest absolute Gasteiger partial charge is 0.391 e. The topological polar surface area (TPSA) is 69.6 Å². The minimum Gasteiger partial charge on any atom is -0.391 e. The number of halogens is 1. The molecule has 0 aliphatic carbocycles. The second-order valence-corrected chi connectivity index (χ2v) is 8.66. The van der Waals surface area contributed by atoms with Crippen molar-refractivity contribution in [3.8, 4) is 0 Å². The van der Waals surface area contributed by atoms with E-state index in [2.05, 4.69) is 20.7 Å². The van der Waals surface area contributed by atoms with Gasteiger partial charge in [0.05, 0.1) is 10.4 Å². The number of aliphatic hydroxyl groups is 1. The van der Waals surface area contributed by atoms with Crippen LogP contribution in [-0.2, 0) is 16.6 Å². The van der Waals surface area contributed by atoms with Gasteiger partial charge in [0.15, 0.2) is 0 Å². The van der Waals surface area contributed by atoms with Crippen LogP contribution in [0.15, 0.2) is 39.0 Å². The molecular weight excluding hydrogens is 376 g/mol. The summed E-state index contributed by atoms with van der Waals surface area (Å²) in [5, 5.41) is 9.08. The molecule has 5 nitrogen and oxygen atoms in total. The molecule has 0 aliphatic rings. The first-order chi connectivity index (χ1) is 9.83. The summed E-state index contributed by atoms with van der Waals surface area (Å²) in [6.07, 6.45) is 0. The van der Waals surface area contributed by atoms with Crippen molar-refractivity contribution in [2.75, 3.05) is 23.7 Å². The zero-order valence-corrected chi connectivity index (χ0v) is 14.7. The summed E-state index contributed by atoms with van der Waals surface area (Å²) in [5.41, 5.74) is 1.47. The third-order valence-corrected chi connectivity index (χ3v) is 6.41. The van der Waals surface area contributed by atoms with Gasteiger partial charge in [-0.1, -0.05) is 0 Å². The Morgan fingerprint density at radius 3 is 2.38 bits per heavy atom. The molecule has 2 N–H and O–H groups in total. The first-order valence-corrected chi connectivity index (χ1v) is 9.12. The van der Waals surface area contributed by atoms with Gasteiger partial charge in [-0.3, -0.25) is 4.72 Å². The highest BCUT2D eigenvalue weighted by Crippen LogP contribution is 2.33. The summed E-state index contributed by atoms with van der Waals surface area (Å²) in [6.45, 7) is -0.184. The Morgan fingerprint density at radius 2 is 1.90 bits per heavy atom. The highest BCUT2D eigenvalue weighted by molar-refractivity contribution is 9.11. The fourth-order valence-electron chi connectivity index (χ4n) is 1.70. The zero-order valence-electron chi connectivity index (χ0n) is 11.5. The molecule has 0 radical (unpaired) electrons. The second-order valence-electron chi connectivity index (χ2n) is 4.56. The summed E-state index contributed by atoms with van der Waals surface area (Å²) >= 11 is 4.42. The number of thiophene rings is 1. The van der Waals surface area contributed by atoms with Crippen LogP contribution in [0.5, 0.6) is 0 Å². The maximum Gasteiger partial charge on any atom is 0.263 e. The summed E-state index contributed by atoms with van der Waals surface area (Å²) in [4.78, 5) is 2.65. The fourth-order valence-corrected chi connectivity index (χ4v) is 5.30. The van der Waals surface area contributed by atoms with Crippen LogP contribution in [0.4, 0.5) is 11.4 Å². The number of anilines is 2. The number of rotatable bonds is 5. The van der Waals surface area contributed by atoms with Crippen LogP contribution in [0, 0.1) is 0 Å². The number of nitrogens with zero attached hydrogens (tertiary/aromatic N) is 1. The Kier molecular flexibility index (Phi) is 4.92. The van der Waals surface area contributed by atoms with E-state index in [4.69, 9.17) is 5.11 Å². The maximum absolute atomic E-state index is 12.3. The van der Waals surface area contributed by atoms with E-state index in [0.29, 0.717) is 14.4 Å². The lowest BCUT2D eigenvalue weighted by molar-refractivity contribution is 0.285. The number of nitrogens with one attached hydrogen (secondary N) is 1. The van der Waals surface area contributed by atoms with Crippen molar-refractivity contribution >= 4 is 48.7 Å². The molecule has 8 heteroatoms.